The summed E-state index contributed by atoms with van der Waals surface area (Å²) in [7, 11) is 1.60. The van der Waals surface area contributed by atoms with Crippen molar-refractivity contribution in [2.24, 2.45) is 0 Å². The summed E-state index contributed by atoms with van der Waals surface area (Å²) in [6, 6.07) is 11.2. The van der Waals surface area contributed by atoms with Crippen molar-refractivity contribution in [2.75, 3.05) is 7.11 Å². The number of ether oxygens (including phenoxy) is 2. The average Bonchev–Trinajstić information content (AvgIpc) is 2.47. The van der Waals surface area contributed by atoms with Crippen LogP contribution in [-0.4, -0.2) is 12.1 Å². The third kappa shape index (κ3) is 3.07. The maximum atomic E-state index is 8.96. The number of nitrogens with zero attached hydrogens (tertiary/aromatic N) is 2. The van der Waals surface area contributed by atoms with Gasteiger partial charge < -0.3 is 9.47 Å². The Bertz CT molecular complexity index is 660. The summed E-state index contributed by atoms with van der Waals surface area (Å²) in [5.74, 6) is 1.64. The van der Waals surface area contributed by atoms with Gasteiger partial charge in [-0.2, -0.15) is 5.26 Å². The lowest BCUT2D eigenvalue weighted by Crippen LogP contribution is -1.95. The fourth-order valence-corrected chi connectivity index (χ4v) is 1.88. The number of nitriles is 1. The van der Waals surface area contributed by atoms with E-state index in [0.717, 1.165) is 12.1 Å². The second-order valence-electron chi connectivity index (χ2n) is 4.39. The number of hydrogen-bond donors (Lipinski definition) is 0. The second kappa shape index (κ2) is 6.07. The van der Waals surface area contributed by atoms with Gasteiger partial charge in [-0.25, -0.2) is 4.98 Å². The summed E-state index contributed by atoms with van der Waals surface area (Å²) in [5.41, 5.74) is 2.43. The minimum Gasteiger partial charge on any atom is -0.493 e. The minimum atomic E-state index is 0.393. The number of methoxy groups -OCH3 is 1. The molecule has 0 saturated heterocycles. The molecule has 0 atom stereocenters. The van der Waals surface area contributed by atoms with E-state index < -0.39 is 0 Å². The molecule has 0 spiro atoms. The van der Waals surface area contributed by atoms with Crippen LogP contribution in [0.5, 0.6) is 17.4 Å². The molecule has 0 N–H and O–H groups in total. The van der Waals surface area contributed by atoms with Gasteiger partial charge in [0.25, 0.3) is 0 Å². The van der Waals surface area contributed by atoms with Crippen LogP contribution in [0.15, 0.2) is 30.3 Å². The summed E-state index contributed by atoms with van der Waals surface area (Å²) >= 11 is 0. The van der Waals surface area contributed by atoms with Gasteiger partial charge in [-0.05, 0) is 37.1 Å². The zero-order valence-electron chi connectivity index (χ0n) is 11.8. The molecule has 4 heteroatoms. The van der Waals surface area contributed by atoms with Gasteiger partial charge in [0.05, 0.1) is 18.7 Å². The fourth-order valence-electron chi connectivity index (χ4n) is 1.88. The zero-order valence-corrected chi connectivity index (χ0v) is 11.8. The molecule has 102 valence electrons. The van der Waals surface area contributed by atoms with E-state index in [2.05, 4.69) is 18.0 Å². The van der Waals surface area contributed by atoms with E-state index in [9.17, 15) is 0 Å². The van der Waals surface area contributed by atoms with Crippen molar-refractivity contribution in [3.05, 3.63) is 47.2 Å². The van der Waals surface area contributed by atoms with Crippen LogP contribution in [0.25, 0.3) is 0 Å². The summed E-state index contributed by atoms with van der Waals surface area (Å²) in [6.07, 6.45) is 0.928. The highest BCUT2D eigenvalue weighted by Crippen LogP contribution is 2.32. The van der Waals surface area contributed by atoms with Gasteiger partial charge in [0.2, 0.25) is 5.88 Å². The Morgan fingerprint density at radius 1 is 1.20 bits per heavy atom. The van der Waals surface area contributed by atoms with Crippen molar-refractivity contribution >= 4 is 0 Å². The van der Waals surface area contributed by atoms with E-state index in [1.807, 2.05) is 25.1 Å². The van der Waals surface area contributed by atoms with Crippen LogP contribution in [0, 0.1) is 18.3 Å². The number of aromatic nitrogens is 1. The molecule has 0 aliphatic carbocycles. The van der Waals surface area contributed by atoms with E-state index in [-0.39, 0.29) is 0 Å². The van der Waals surface area contributed by atoms with Crippen LogP contribution >= 0.6 is 0 Å². The Hall–Kier alpha value is -2.54. The third-order valence-corrected chi connectivity index (χ3v) is 2.91. The zero-order chi connectivity index (χ0) is 14.5. The molecule has 4 nitrogen and oxygen atoms in total. The van der Waals surface area contributed by atoms with E-state index >= 15 is 0 Å². The van der Waals surface area contributed by atoms with E-state index in [1.54, 1.807) is 19.2 Å². The number of benzene rings is 1. The van der Waals surface area contributed by atoms with Gasteiger partial charge >= 0.3 is 0 Å². The van der Waals surface area contributed by atoms with Crippen LogP contribution in [0.2, 0.25) is 0 Å². The molecular weight excluding hydrogens is 252 g/mol. The quantitative estimate of drug-likeness (QED) is 0.849. The molecule has 2 aromatic rings. The third-order valence-electron chi connectivity index (χ3n) is 2.91. The number of pyridine rings is 1. The molecule has 0 aliphatic heterocycles. The van der Waals surface area contributed by atoms with Gasteiger partial charge in [-0.1, -0.05) is 13.0 Å². The second-order valence-corrected chi connectivity index (χ2v) is 4.39. The molecule has 0 aliphatic rings. The minimum absolute atomic E-state index is 0.393. The highest BCUT2D eigenvalue weighted by molar-refractivity contribution is 5.45. The van der Waals surface area contributed by atoms with Gasteiger partial charge in [0.1, 0.15) is 0 Å². The summed E-state index contributed by atoms with van der Waals surface area (Å²) in [5, 5.41) is 8.96. The van der Waals surface area contributed by atoms with Gasteiger partial charge in [0.15, 0.2) is 11.5 Å². The maximum Gasteiger partial charge on any atom is 0.220 e. The van der Waals surface area contributed by atoms with Gasteiger partial charge in [-0.15, -0.1) is 0 Å². The Labute approximate surface area is 118 Å². The fraction of sp³-hybridized carbons (Fsp3) is 0.250. The molecule has 0 amide bonds. The van der Waals surface area contributed by atoms with E-state index in [4.69, 9.17) is 14.7 Å². The highest BCUT2D eigenvalue weighted by Gasteiger charge is 2.08. The molecule has 1 aromatic heterocycles. The first-order valence-corrected chi connectivity index (χ1v) is 6.39. The molecular formula is C16H16N2O2. The average molecular weight is 268 g/mol. The Balaban J connectivity index is 2.35. The summed E-state index contributed by atoms with van der Waals surface area (Å²) in [4.78, 5) is 4.27. The molecule has 0 bridgehead atoms. The van der Waals surface area contributed by atoms with Gasteiger partial charge in [-0.3, -0.25) is 0 Å². The first-order chi connectivity index (χ1) is 9.66. The standard InChI is InChI=1S/C16H16N2O2/c1-4-12-5-6-14(15(8-12)19-3)20-16-9-13(10-17)7-11(2)18-16/h5-9H,4H2,1-3H3. The number of rotatable bonds is 4. The molecule has 2 rings (SSSR count). The molecule has 0 saturated carbocycles. The summed E-state index contributed by atoms with van der Waals surface area (Å²) < 4.78 is 11.1. The topological polar surface area (TPSA) is 55.1 Å². The van der Waals surface area contributed by atoms with Crippen molar-refractivity contribution in [1.29, 1.82) is 5.26 Å². The molecule has 0 unspecified atom stereocenters. The Kier molecular flexibility index (Phi) is 4.21. The molecule has 0 radical (unpaired) electrons. The predicted molar refractivity (Wildman–Crippen MR) is 76.1 cm³/mol. The number of hydrogen-bond acceptors (Lipinski definition) is 4. The van der Waals surface area contributed by atoms with Crippen molar-refractivity contribution < 1.29 is 9.47 Å². The monoisotopic (exact) mass is 268 g/mol. The molecule has 0 fully saturated rings. The first-order valence-electron chi connectivity index (χ1n) is 6.39. The lowest BCUT2D eigenvalue weighted by molar-refractivity contribution is 0.373. The SMILES string of the molecule is CCc1ccc(Oc2cc(C#N)cc(C)n2)c(OC)c1. The Morgan fingerprint density at radius 2 is 2.00 bits per heavy atom. The van der Waals surface area contributed by atoms with Crippen molar-refractivity contribution in [3.8, 4) is 23.4 Å². The van der Waals surface area contributed by atoms with Crippen LogP contribution in [0.4, 0.5) is 0 Å². The van der Waals surface area contributed by atoms with Crippen LogP contribution in [0.3, 0.4) is 0 Å². The molecule has 1 heterocycles. The predicted octanol–water partition coefficient (Wildman–Crippen LogP) is 3.63. The van der Waals surface area contributed by atoms with Crippen molar-refractivity contribution in [2.45, 2.75) is 20.3 Å². The largest absolute Gasteiger partial charge is 0.493 e. The molecule has 20 heavy (non-hydrogen) atoms. The van der Waals surface area contributed by atoms with Crippen LogP contribution < -0.4 is 9.47 Å². The molecule has 1 aromatic carbocycles. The normalized spacial score (nSPS) is 9.90. The van der Waals surface area contributed by atoms with Gasteiger partial charge in [0, 0.05) is 11.8 Å². The highest BCUT2D eigenvalue weighted by atomic mass is 16.5. The van der Waals surface area contributed by atoms with Crippen molar-refractivity contribution in [1.82, 2.24) is 4.98 Å². The summed E-state index contributed by atoms with van der Waals surface area (Å²) in [6.45, 7) is 3.90. The van der Waals surface area contributed by atoms with E-state index in [1.165, 1.54) is 5.56 Å². The van der Waals surface area contributed by atoms with Crippen LogP contribution in [0.1, 0.15) is 23.7 Å². The maximum absolute atomic E-state index is 8.96. The van der Waals surface area contributed by atoms with Crippen molar-refractivity contribution in [3.63, 3.8) is 0 Å². The lowest BCUT2D eigenvalue weighted by atomic mass is 10.1. The smallest absolute Gasteiger partial charge is 0.220 e. The first kappa shape index (κ1) is 13.9. The number of aryl methyl sites for hydroxylation is 2. The Morgan fingerprint density at radius 3 is 2.65 bits per heavy atom. The lowest BCUT2D eigenvalue weighted by Gasteiger charge is -2.11. The van der Waals surface area contributed by atoms with E-state index in [0.29, 0.717) is 22.9 Å². The van der Waals surface area contributed by atoms with Crippen LogP contribution in [-0.2, 0) is 6.42 Å².